The number of fused-ring (bicyclic) bond motifs is 2. The first kappa shape index (κ1) is 41.1. The summed E-state index contributed by atoms with van der Waals surface area (Å²) in [6.07, 6.45) is 5.18. The molecule has 0 radical (unpaired) electrons. The van der Waals surface area contributed by atoms with Crippen LogP contribution in [-0.4, -0.2) is 6.88 Å². The van der Waals surface area contributed by atoms with E-state index in [0.29, 0.717) is 7.25 Å². The van der Waals surface area contributed by atoms with E-state index in [1.807, 2.05) is 0 Å². The molecule has 286 valence electrons. The summed E-state index contributed by atoms with van der Waals surface area (Å²) in [6, 6.07) is 24.9. The number of hydrogen-bond acceptors (Lipinski definition) is 0. The summed E-state index contributed by atoms with van der Waals surface area (Å²) >= 11 is -3.77. The summed E-state index contributed by atoms with van der Waals surface area (Å²) in [5, 5.41) is 0. The van der Waals surface area contributed by atoms with Gasteiger partial charge in [0.15, 0.2) is 0 Å². The van der Waals surface area contributed by atoms with Crippen LogP contribution in [0.15, 0.2) is 71.8 Å². The molecule has 6 rings (SSSR count). The number of hydrogen-bond donors (Lipinski definition) is 0. The van der Waals surface area contributed by atoms with Gasteiger partial charge in [-0.15, -0.1) is 0 Å². The normalized spacial score (nSPS) is 18.1. The van der Waals surface area contributed by atoms with Gasteiger partial charge in [-0.1, -0.05) is 0 Å². The zero-order valence-corrected chi connectivity index (χ0v) is 41.2. The Hall–Kier alpha value is -2.54. The quantitative estimate of drug-likeness (QED) is 0.180. The Kier molecular flexibility index (Phi) is 9.89. The van der Waals surface area contributed by atoms with Gasteiger partial charge in [0.2, 0.25) is 0 Å². The number of allylic oxidation sites excluding steroid dienone is 2. The van der Waals surface area contributed by atoms with Crippen LogP contribution >= 0.6 is 0 Å². The fourth-order valence-corrected chi connectivity index (χ4v) is 31.2. The molecule has 0 spiro atoms. The third-order valence-electron chi connectivity index (χ3n) is 12.8. The zero-order chi connectivity index (χ0) is 40.3. The maximum absolute atomic E-state index is 3.77. The van der Waals surface area contributed by atoms with Gasteiger partial charge in [-0.05, 0) is 0 Å². The van der Waals surface area contributed by atoms with E-state index >= 15 is 0 Å². The van der Waals surface area contributed by atoms with E-state index in [0.717, 1.165) is 0 Å². The molecule has 2 heteroatoms. The van der Waals surface area contributed by atoms with Gasteiger partial charge in [0, 0.05) is 0 Å². The molecule has 2 unspecified atom stereocenters. The number of aryl methyl sites for hydroxylation is 2. The molecule has 0 fully saturated rings. The van der Waals surface area contributed by atoms with Crippen molar-refractivity contribution in [2.24, 2.45) is 0 Å². The number of benzene rings is 4. The van der Waals surface area contributed by atoms with Gasteiger partial charge in [0.25, 0.3) is 0 Å². The molecule has 2 atom stereocenters. The van der Waals surface area contributed by atoms with Gasteiger partial charge >= 0.3 is 335 Å². The first-order chi connectivity index (χ1) is 24.5. The topological polar surface area (TPSA) is 0 Å². The SMILES string of the molecule is CC1=Cc2c(-c3cc(C(C)(C)C)cc(C(C)(C)C)c3)cc(C)cc2[CH]1[Zr]([CH3])([CH3])(=[SiH2])[CH]1C(C)=Cc2c(-c3cc(C(C)(C)C)cc(C(C)(C)C)c3)cc(C)cc21. The van der Waals surface area contributed by atoms with Crippen molar-refractivity contribution < 1.29 is 17.4 Å². The van der Waals surface area contributed by atoms with Crippen molar-refractivity contribution in [3.05, 3.63) is 127 Å². The molecule has 0 N–H and O–H groups in total. The van der Waals surface area contributed by atoms with Crippen LogP contribution in [-0.2, 0) is 39.1 Å². The summed E-state index contributed by atoms with van der Waals surface area (Å²) < 4.78 is 6.53. The molecule has 0 aromatic heterocycles. The molecule has 4 aromatic carbocycles. The molecule has 0 saturated carbocycles. The summed E-state index contributed by atoms with van der Waals surface area (Å²) in [4.78, 5) is 0. The minimum absolute atomic E-state index is 0.0728. The van der Waals surface area contributed by atoms with Crippen molar-refractivity contribution in [2.45, 2.75) is 149 Å². The molecule has 0 nitrogen and oxygen atoms in total. The van der Waals surface area contributed by atoms with E-state index in [9.17, 15) is 0 Å². The van der Waals surface area contributed by atoms with Crippen molar-refractivity contribution in [2.75, 3.05) is 0 Å². The fraction of sp³-hybridized carbons (Fsp3) is 0.462. The third kappa shape index (κ3) is 7.38. The van der Waals surface area contributed by atoms with E-state index in [-0.39, 0.29) is 21.7 Å². The Morgan fingerprint density at radius 1 is 0.426 bits per heavy atom. The monoisotopic (exact) mass is 812 g/mol. The summed E-state index contributed by atoms with van der Waals surface area (Å²) in [7, 11) is 0. The minimum atomic E-state index is -3.77. The summed E-state index contributed by atoms with van der Waals surface area (Å²) in [6.45, 7) is 40.2. The molecule has 2 aliphatic carbocycles. The second-order valence-electron chi connectivity index (χ2n) is 22.8. The van der Waals surface area contributed by atoms with Crippen molar-refractivity contribution in [1.82, 2.24) is 0 Å². The molecular weight excluding hydrogens is 744 g/mol. The Morgan fingerprint density at radius 2 is 0.704 bits per heavy atom. The third-order valence-corrected chi connectivity index (χ3v) is 30.8. The van der Waals surface area contributed by atoms with Gasteiger partial charge < -0.3 is 0 Å². The molecule has 0 heterocycles. The van der Waals surface area contributed by atoms with Crippen LogP contribution in [0.5, 0.6) is 0 Å². The van der Waals surface area contributed by atoms with Gasteiger partial charge in [-0.25, -0.2) is 0 Å². The summed E-state index contributed by atoms with van der Waals surface area (Å²) in [5.74, 6) is 0. The Morgan fingerprint density at radius 3 is 0.963 bits per heavy atom. The number of rotatable bonds is 4. The van der Waals surface area contributed by atoms with Gasteiger partial charge in [0.1, 0.15) is 0 Å². The summed E-state index contributed by atoms with van der Waals surface area (Å²) in [5.41, 5.74) is 23.4. The first-order valence-electron chi connectivity index (χ1n) is 20.5. The van der Waals surface area contributed by atoms with Crippen molar-refractivity contribution in [1.29, 1.82) is 0 Å². The van der Waals surface area contributed by atoms with Crippen LogP contribution in [0.4, 0.5) is 0 Å². The van der Waals surface area contributed by atoms with Crippen molar-refractivity contribution in [3.63, 3.8) is 0 Å². The van der Waals surface area contributed by atoms with Gasteiger partial charge in [0.05, 0.1) is 0 Å². The molecule has 2 aliphatic rings. The van der Waals surface area contributed by atoms with Crippen LogP contribution in [0.3, 0.4) is 0 Å². The van der Waals surface area contributed by atoms with Crippen LogP contribution in [0, 0.1) is 13.8 Å². The van der Waals surface area contributed by atoms with Gasteiger partial charge in [-0.2, -0.15) is 0 Å². The van der Waals surface area contributed by atoms with Gasteiger partial charge in [-0.3, -0.25) is 0 Å². The second kappa shape index (κ2) is 13.0. The standard InChI is InChI=1S/2C25H31.2CH3.H2Si.Zr/c2*1-16-9-18-10-17(2)12-23(22(18)11-16)19-13-20(24(3,4)5)15-21(14-19)25(6,7)8;;;;/h2*9-15H,1-8H3;2*1H3;1H2;. The van der Waals surface area contributed by atoms with E-state index in [1.54, 1.807) is 22.3 Å². The van der Waals surface area contributed by atoms with Crippen LogP contribution in [0.25, 0.3) is 34.4 Å². The fourth-order valence-electron chi connectivity index (χ4n) is 10.0. The molecule has 54 heavy (non-hydrogen) atoms. The molecule has 4 aromatic rings. The average molecular weight is 814 g/mol. The average Bonchev–Trinajstić information content (AvgIpc) is 3.54. The first-order valence-corrected chi connectivity index (χ1v) is 34.2. The molecule has 0 bridgehead atoms. The van der Waals surface area contributed by atoms with E-state index in [2.05, 4.69) is 200 Å². The van der Waals surface area contributed by atoms with E-state index in [1.165, 1.54) is 66.8 Å². The Balaban J connectivity index is 1.55. The van der Waals surface area contributed by atoms with E-state index in [4.69, 9.17) is 0 Å². The van der Waals surface area contributed by atoms with E-state index < -0.39 is 17.4 Å². The zero-order valence-electron chi connectivity index (χ0n) is 37.3. The van der Waals surface area contributed by atoms with Crippen LogP contribution in [0.1, 0.15) is 160 Å². The second-order valence-corrected chi connectivity index (χ2v) is 53.3. The molecular formula is C52H70SiZr. The molecule has 0 amide bonds. The van der Waals surface area contributed by atoms with Crippen LogP contribution < -0.4 is 0 Å². The maximum atomic E-state index is 2.79. The van der Waals surface area contributed by atoms with Crippen molar-refractivity contribution in [3.8, 4) is 22.3 Å². The Labute approximate surface area is 332 Å². The molecule has 0 saturated heterocycles. The molecule has 0 aliphatic heterocycles. The van der Waals surface area contributed by atoms with Crippen LogP contribution in [0.2, 0.25) is 9.26 Å². The van der Waals surface area contributed by atoms with Crippen molar-refractivity contribution >= 4 is 19.0 Å². The predicted octanol–water partition coefficient (Wildman–Crippen LogP) is 14.8. The predicted molar refractivity (Wildman–Crippen MR) is 241 cm³/mol. The Bertz CT molecular complexity index is 2100.